The highest BCUT2D eigenvalue weighted by Crippen LogP contribution is 2.28. The molecule has 1 saturated carbocycles. The molecule has 22 heavy (non-hydrogen) atoms. The van der Waals surface area contributed by atoms with E-state index in [0.717, 1.165) is 33.5 Å². The Morgan fingerprint density at radius 2 is 1.86 bits per heavy atom. The molecule has 0 bridgehead atoms. The highest BCUT2D eigenvalue weighted by atomic mass is 16.5. The fourth-order valence-corrected chi connectivity index (χ4v) is 3.50. The molecule has 1 heterocycles. The van der Waals surface area contributed by atoms with E-state index in [-0.39, 0.29) is 5.56 Å². The zero-order valence-corrected chi connectivity index (χ0v) is 13.1. The highest BCUT2D eigenvalue weighted by Gasteiger charge is 2.17. The Bertz CT molecular complexity index is 712. The first-order valence-electron chi connectivity index (χ1n) is 8.16. The lowest BCUT2D eigenvalue weighted by molar-refractivity contribution is 0.160. The lowest BCUT2D eigenvalue weighted by Gasteiger charge is -2.22. The fraction of sp³-hybridized carbons (Fsp3) is 0.421. The Morgan fingerprint density at radius 1 is 1.14 bits per heavy atom. The number of pyridine rings is 1. The van der Waals surface area contributed by atoms with E-state index in [4.69, 9.17) is 0 Å². The Hall–Kier alpha value is -2.03. The van der Waals surface area contributed by atoms with Gasteiger partial charge in [0.2, 0.25) is 0 Å². The average Bonchev–Trinajstić information content (AvgIpc) is 2.53. The van der Waals surface area contributed by atoms with E-state index in [0.29, 0.717) is 5.92 Å². The number of rotatable bonds is 3. The average molecular weight is 297 g/mol. The molecule has 1 aromatic carbocycles. The number of aromatic nitrogens is 1. The third kappa shape index (κ3) is 3.08. The summed E-state index contributed by atoms with van der Waals surface area (Å²) < 4.78 is 0.830. The van der Waals surface area contributed by atoms with Gasteiger partial charge in [-0.25, -0.2) is 0 Å². The Kier molecular flexibility index (Phi) is 4.32. The molecule has 1 aliphatic rings. The van der Waals surface area contributed by atoms with Crippen LogP contribution in [0.4, 0.5) is 0 Å². The van der Waals surface area contributed by atoms with Gasteiger partial charge in [0.05, 0.1) is 5.69 Å². The van der Waals surface area contributed by atoms with E-state index in [1.807, 2.05) is 37.3 Å². The van der Waals surface area contributed by atoms with Crippen LogP contribution < -0.4 is 5.56 Å². The van der Waals surface area contributed by atoms with E-state index in [1.165, 1.54) is 38.2 Å². The van der Waals surface area contributed by atoms with Gasteiger partial charge in [0, 0.05) is 6.07 Å². The molecule has 3 nitrogen and oxygen atoms in total. The summed E-state index contributed by atoms with van der Waals surface area (Å²) in [7, 11) is 0. The molecule has 0 spiro atoms. The van der Waals surface area contributed by atoms with Gasteiger partial charge in [-0.15, -0.1) is 0 Å². The first kappa shape index (κ1) is 14.9. The number of aryl methyl sites for hydroxylation is 1. The predicted molar refractivity (Wildman–Crippen MR) is 88.3 cm³/mol. The van der Waals surface area contributed by atoms with Crippen molar-refractivity contribution < 1.29 is 5.21 Å². The molecular formula is C19H23NO2. The maximum Gasteiger partial charge on any atom is 0.283 e. The van der Waals surface area contributed by atoms with Crippen molar-refractivity contribution in [1.82, 2.24) is 4.73 Å². The standard InChI is InChI=1S/C19H23NO2/c1-14-7-5-6-10-18(14)16-12-17(20(22)19(21)13-16)11-15-8-3-2-4-9-15/h5-7,10,12-13,15,22H,2-4,8-9,11H2,1H3. The van der Waals surface area contributed by atoms with E-state index in [1.54, 1.807) is 0 Å². The molecule has 1 N–H and O–H groups in total. The van der Waals surface area contributed by atoms with Crippen LogP contribution in [0, 0.1) is 12.8 Å². The normalized spacial score (nSPS) is 15.9. The van der Waals surface area contributed by atoms with Crippen molar-refractivity contribution in [2.45, 2.75) is 45.4 Å². The molecule has 0 unspecified atom stereocenters. The van der Waals surface area contributed by atoms with Crippen molar-refractivity contribution in [2.24, 2.45) is 5.92 Å². The van der Waals surface area contributed by atoms with Gasteiger partial charge in [0.25, 0.3) is 5.56 Å². The van der Waals surface area contributed by atoms with Crippen LogP contribution in [-0.4, -0.2) is 9.94 Å². The first-order chi connectivity index (χ1) is 10.6. The molecule has 2 aromatic rings. The van der Waals surface area contributed by atoms with Crippen LogP contribution in [0.2, 0.25) is 0 Å². The molecule has 0 radical (unpaired) electrons. The summed E-state index contributed by atoms with van der Waals surface area (Å²) in [4.78, 5) is 12.1. The Labute approximate surface area is 131 Å². The van der Waals surface area contributed by atoms with Crippen molar-refractivity contribution in [3.63, 3.8) is 0 Å². The van der Waals surface area contributed by atoms with Crippen molar-refractivity contribution in [3.05, 3.63) is 58.0 Å². The van der Waals surface area contributed by atoms with Crippen LogP contribution in [0.1, 0.15) is 43.4 Å². The third-order valence-electron chi connectivity index (χ3n) is 4.76. The van der Waals surface area contributed by atoms with Gasteiger partial charge in [0.1, 0.15) is 0 Å². The number of benzene rings is 1. The van der Waals surface area contributed by atoms with E-state index in [9.17, 15) is 10.0 Å². The second kappa shape index (κ2) is 6.39. The van der Waals surface area contributed by atoms with Crippen LogP contribution >= 0.6 is 0 Å². The zero-order chi connectivity index (χ0) is 15.5. The van der Waals surface area contributed by atoms with E-state index in [2.05, 4.69) is 0 Å². The van der Waals surface area contributed by atoms with Crippen LogP contribution in [0.3, 0.4) is 0 Å². The molecule has 3 rings (SSSR count). The predicted octanol–water partition coefficient (Wildman–Crippen LogP) is 4.18. The molecule has 0 saturated heterocycles. The van der Waals surface area contributed by atoms with Gasteiger partial charge in [-0.3, -0.25) is 4.79 Å². The molecule has 1 aliphatic carbocycles. The summed E-state index contributed by atoms with van der Waals surface area (Å²) >= 11 is 0. The molecule has 116 valence electrons. The molecule has 0 atom stereocenters. The third-order valence-corrected chi connectivity index (χ3v) is 4.76. The molecule has 1 aromatic heterocycles. The highest BCUT2D eigenvalue weighted by molar-refractivity contribution is 5.67. The molecular weight excluding hydrogens is 274 g/mol. The maximum absolute atomic E-state index is 12.1. The summed E-state index contributed by atoms with van der Waals surface area (Å²) in [6.45, 7) is 2.04. The van der Waals surface area contributed by atoms with Gasteiger partial charge in [-0.05, 0) is 42.0 Å². The summed E-state index contributed by atoms with van der Waals surface area (Å²) in [5.74, 6) is 0.582. The summed E-state index contributed by atoms with van der Waals surface area (Å²) in [5.41, 5.74) is 3.50. The quantitative estimate of drug-likeness (QED) is 0.863. The van der Waals surface area contributed by atoms with Gasteiger partial charge < -0.3 is 5.21 Å². The second-order valence-corrected chi connectivity index (χ2v) is 6.41. The van der Waals surface area contributed by atoms with Gasteiger partial charge in [-0.2, -0.15) is 4.73 Å². The second-order valence-electron chi connectivity index (χ2n) is 6.41. The lowest BCUT2D eigenvalue weighted by atomic mass is 9.85. The summed E-state index contributed by atoms with van der Waals surface area (Å²) in [6, 6.07) is 11.5. The van der Waals surface area contributed by atoms with Crippen molar-refractivity contribution >= 4 is 0 Å². The zero-order valence-electron chi connectivity index (χ0n) is 13.1. The van der Waals surface area contributed by atoms with Crippen LogP contribution in [0.15, 0.2) is 41.2 Å². The minimum Gasteiger partial charge on any atom is -0.425 e. The molecule has 0 aliphatic heterocycles. The maximum atomic E-state index is 12.1. The minimum atomic E-state index is -0.341. The van der Waals surface area contributed by atoms with Crippen molar-refractivity contribution in [2.75, 3.05) is 0 Å². The van der Waals surface area contributed by atoms with Crippen molar-refractivity contribution in [1.29, 1.82) is 0 Å². The largest absolute Gasteiger partial charge is 0.425 e. The van der Waals surface area contributed by atoms with Crippen LogP contribution in [0.25, 0.3) is 11.1 Å². The Balaban J connectivity index is 1.96. The lowest BCUT2D eigenvalue weighted by Crippen LogP contribution is -2.23. The van der Waals surface area contributed by atoms with Crippen LogP contribution in [-0.2, 0) is 6.42 Å². The fourth-order valence-electron chi connectivity index (χ4n) is 3.50. The molecule has 0 amide bonds. The summed E-state index contributed by atoms with van der Waals surface area (Å²) in [5, 5.41) is 10.1. The van der Waals surface area contributed by atoms with Gasteiger partial charge >= 0.3 is 0 Å². The van der Waals surface area contributed by atoms with E-state index >= 15 is 0 Å². The summed E-state index contributed by atoms with van der Waals surface area (Å²) in [6.07, 6.45) is 7.01. The van der Waals surface area contributed by atoms with Crippen LogP contribution in [0.5, 0.6) is 0 Å². The SMILES string of the molecule is Cc1ccccc1-c1cc(CC2CCCCC2)n(O)c(=O)c1. The van der Waals surface area contributed by atoms with Gasteiger partial charge in [0.15, 0.2) is 0 Å². The van der Waals surface area contributed by atoms with Crippen molar-refractivity contribution in [3.8, 4) is 11.1 Å². The molecule has 3 heteroatoms. The number of hydrogen-bond acceptors (Lipinski definition) is 2. The Morgan fingerprint density at radius 3 is 2.59 bits per heavy atom. The number of hydrogen-bond donors (Lipinski definition) is 1. The molecule has 1 fully saturated rings. The minimum absolute atomic E-state index is 0.341. The van der Waals surface area contributed by atoms with E-state index < -0.39 is 0 Å². The topological polar surface area (TPSA) is 42.2 Å². The first-order valence-corrected chi connectivity index (χ1v) is 8.16. The number of nitrogens with zero attached hydrogens (tertiary/aromatic N) is 1. The smallest absolute Gasteiger partial charge is 0.283 e. The van der Waals surface area contributed by atoms with Gasteiger partial charge in [-0.1, -0.05) is 56.4 Å². The monoisotopic (exact) mass is 297 g/mol.